The van der Waals surface area contributed by atoms with Crippen LogP contribution in [0.25, 0.3) is 0 Å². The number of hydrogen-bond donors (Lipinski definition) is 3. The molecule has 0 atom stereocenters. The van der Waals surface area contributed by atoms with Crippen LogP contribution in [0, 0.1) is 0 Å². The summed E-state index contributed by atoms with van der Waals surface area (Å²) in [5.41, 5.74) is 0.939. The lowest BCUT2D eigenvalue weighted by Gasteiger charge is -2.07. The Bertz CT molecular complexity index is 580. The average Bonchev–Trinajstić information content (AvgIpc) is 3.26. The van der Waals surface area contributed by atoms with E-state index in [1.165, 1.54) is 0 Å². The number of para-hydroxylation sites is 1. The highest BCUT2D eigenvalue weighted by molar-refractivity contribution is 5.88. The van der Waals surface area contributed by atoms with Crippen LogP contribution in [0.4, 0.5) is 22.1 Å². The maximum Gasteiger partial charge on any atom is 0.320 e. The summed E-state index contributed by atoms with van der Waals surface area (Å²) in [5.74, 6) is 1.06. The molecule has 1 aliphatic carbocycles. The van der Waals surface area contributed by atoms with Gasteiger partial charge >= 0.3 is 6.03 Å². The normalized spacial score (nSPS) is 13.6. The monoisotopic (exact) mass is 269 g/mol. The smallest absolute Gasteiger partial charge is 0.320 e. The molecule has 2 amide bonds. The van der Waals surface area contributed by atoms with Gasteiger partial charge in [0.25, 0.3) is 0 Å². The summed E-state index contributed by atoms with van der Waals surface area (Å²) in [6.45, 7) is 0. The first kappa shape index (κ1) is 12.4. The van der Waals surface area contributed by atoms with E-state index >= 15 is 0 Å². The van der Waals surface area contributed by atoms with Gasteiger partial charge in [-0.05, 0) is 37.1 Å². The highest BCUT2D eigenvalue weighted by atomic mass is 16.2. The van der Waals surface area contributed by atoms with Crippen molar-refractivity contribution in [3.05, 3.63) is 42.5 Å². The van der Waals surface area contributed by atoms with Gasteiger partial charge in [0.15, 0.2) is 11.6 Å². The minimum Gasteiger partial charge on any atom is -0.339 e. The molecule has 1 heterocycles. The molecule has 2 aromatic rings. The van der Waals surface area contributed by atoms with Crippen LogP contribution in [-0.2, 0) is 0 Å². The van der Waals surface area contributed by atoms with E-state index < -0.39 is 0 Å². The van der Waals surface area contributed by atoms with Crippen molar-refractivity contribution in [3.63, 3.8) is 0 Å². The maximum atomic E-state index is 11.5. The molecule has 0 saturated heterocycles. The third-order valence-electron chi connectivity index (χ3n) is 2.86. The second-order valence-electron chi connectivity index (χ2n) is 4.67. The Labute approximate surface area is 116 Å². The van der Waals surface area contributed by atoms with Crippen LogP contribution in [0.5, 0.6) is 0 Å². The molecule has 3 rings (SSSR count). The van der Waals surface area contributed by atoms with Gasteiger partial charge in [-0.3, -0.25) is 5.32 Å². The standard InChI is InChI=1S/C14H15N5O/c20-14(16-11-6-7-11)17-13-9-8-12(18-19-13)15-10-4-2-1-3-5-10/h1-5,8-9,11H,6-7H2,(H,15,18)(H2,16,17,19,20). The van der Waals surface area contributed by atoms with Crippen LogP contribution in [0.2, 0.25) is 0 Å². The third-order valence-corrected chi connectivity index (χ3v) is 2.86. The number of hydrogen-bond acceptors (Lipinski definition) is 4. The van der Waals surface area contributed by atoms with Gasteiger partial charge in [-0.25, -0.2) is 4.79 Å². The van der Waals surface area contributed by atoms with Gasteiger partial charge < -0.3 is 10.6 Å². The summed E-state index contributed by atoms with van der Waals surface area (Å²) in [7, 11) is 0. The van der Waals surface area contributed by atoms with Crippen LogP contribution < -0.4 is 16.0 Å². The molecular formula is C14H15N5O. The fraction of sp³-hybridized carbons (Fsp3) is 0.214. The van der Waals surface area contributed by atoms with E-state index in [1.54, 1.807) is 12.1 Å². The first-order valence-electron chi connectivity index (χ1n) is 6.53. The van der Waals surface area contributed by atoms with Gasteiger partial charge in [-0.2, -0.15) is 0 Å². The van der Waals surface area contributed by atoms with Gasteiger partial charge in [0.05, 0.1) is 0 Å². The summed E-state index contributed by atoms with van der Waals surface area (Å²) in [6, 6.07) is 13.3. The van der Waals surface area contributed by atoms with E-state index in [-0.39, 0.29) is 6.03 Å². The molecule has 20 heavy (non-hydrogen) atoms. The maximum absolute atomic E-state index is 11.5. The van der Waals surface area contributed by atoms with Gasteiger partial charge in [0.1, 0.15) is 0 Å². The fourth-order valence-electron chi connectivity index (χ4n) is 1.70. The lowest BCUT2D eigenvalue weighted by Crippen LogP contribution is -2.30. The third kappa shape index (κ3) is 3.44. The van der Waals surface area contributed by atoms with Gasteiger partial charge in [0.2, 0.25) is 0 Å². The molecule has 1 aliphatic rings. The number of carbonyl (C=O) groups is 1. The molecule has 102 valence electrons. The first-order chi connectivity index (χ1) is 9.79. The number of carbonyl (C=O) groups excluding carboxylic acids is 1. The van der Waals surface area contributed by atoms with Crippen molar-refractivity contribution >= 4 is 23.4 Å². The fourth-order valence-corrected chi connectivity index (χ4v) is 1.70. The lowest BCUT2D eigenvalue weighted by molar-refractivity contribution is 0.251. The van der Waals surface area contributed by atoms with E-state index in [4.69, 9.17) is 0 Å². The second-order valence-corrected chi connectivity index (χ2v) is 4.67. The highest BCUT2D eigenvalue weighted by Crippen LogP contribution is 2.19. The molecular weight excluding hydrogens is 254 g/mol. The predicted octanol–water partition coefficient (Wildman–Crippen LogP) is 2.50. The number of amides is 2. The molecule has 0 radical (unpaired) electrons. The summed E-state index contributed by atoms with van der Waals surface area (Å²) in [5, 5.41) is 16.6. The summed E-state index contributed by atoms with van der Waals surface area (Å²) >= 11 is 0. The Morgan fingerprint density at radius 3 is 2.35 bits per heavy atom. The quantitative estimate of drug-likeness (QED) is 0.796. The van der Waals surface area contributed by atoms with Crippen molar-refractivity contribution in [3.8, 4) is 0 Å². The Kier molecular flexibility index (Phi) is 3.45. The van der Waals surface area contributed by atoms with E-state index in [9.17, 15) is 4.79 Å². The molecule has 6 heteroatoms. The van der Waals surface area contributed by atoms with Gasteiger partial charge in [-0.1, -0.05) is 18.2 Å². The molecule has 1 aromatic carbocycles. The zero-order valence-corrected chi connectivity index (χ0v) is 10.8. The average molecular weight is 269 g/mol. The molecule has 6 nitrogen and oxygen atoms in total. The van der Waals surface area contributed by atoms with Crippen molar-refractivity contribution in [1.29, 1.82) is 0 Å². The Balaban J connectivity index is 1.57. The number of nitrogens with one attached hydrogen (secondary N) is 3. The highest BCUT2D eigenvalue weighted by Gasteiger charge is 2.23. The van der Waals surface area contributed by atoms with E-state index in [2.05, 4.69) is 26.1 Å². The van der Waals surface area contributed by atoms with Crippen LogP contribution in [0.3, 0.4) is 0 Å². The van der Waals surface area contributed by atoms with Crippen LogP contribution in [0.15, 0.2) is 42.5 Å². The molecule has 1 saturated carbocycles. The number of benzene rings is 1. The summed E-state index contributed by atoms with van der Waals surface area (Å²) in [6.07, 6.45) is 2.11. The summed E-state index contributed by atoms with van der Waals surface area (Å²) < 4.78 is 0. The largest absolute Gasteiger partial charge is 0.339 e. The number of aromatic nitrogens is 2. The molecule has 0 unspecified atom stereocenters. The number of rotatable bonds is 4. The second kappa shape index (κ2) is 5.56. The first-order valence-corrected chi connectivity index (χ1v) is 6.53. The van der Waals surface area contributed by atoms with Crippen LogP contribution in [0.1, 0.15) is 12.8 Å². The molecule has 1 aromatic heterocycles. The van der Waals surface area contributed by atoms with Crippen molar-refractivity contribution < 1.29 is 4.79 Å². The van der Waals surface area contributed by atoms with Crippen molar-refractivity contribution in [2.75, 3.05) is 10.6 Å². The molecule has 0 bridgehead atoms. The molecule has 3 N–H and O–H groups in total. The van der Waals surface area contributed by atoms with Gasteiger partial charge in [-0.15, -0.1) is 10.2 Å². The molecule has 0 aliphatic heterocycles. The van der Waals surface area contributed by atoms with Crippen molar-refractivity contribution in [1.82, 2.24) is 15.5 Å². The van der Waals surface area contributed by atoms with Crippen LogP contribution in [-0.4, -0.2) is 22.3 Å². The summed E-state index contributed by atoms with van der Waals surface area (Å²) in [4.78, 5) is 11.5. The Morgan fingerprint density at radius 2 is 1.70 bits per heavy atom. The predicted molar refractivity (Wildman–Crippen MR) is 76.9 cm³/mol. The SMILES string of the molecule is O=C(Nc1ccc(Nc2ccccc2)nn1)NC1CC1. The Hall–Kier alpha value is -2.63. The molecule has 0 spiro atoms. The molecule has 1 fully saturated rings. The van der Waals surface area contributed by atoms with E-state index in [0.29, 0.717) is 17.7 Å². The lowest BCUT2D eigenvalue weighted by atomic mass is 10.3. The van der Waals surface area contributed by atoms with Crippen LogP contribution >= 0.6 is 0 Å². The zero-order chi connectivity index (χ0) is 13.8. The number of nitrogens with zero attached hydrogens (tertiary/aromatic N) is 2. The minimum absolute atomic E-state index is 0.231. The van der Waals surface area contributed by atoms with E-state index in [0.717, 1.165) is 18.5 Å². The zero-order valence-electron chi connectivity index (χ0n) is 10.8. The van der Waals surface area contributed by atoms with E-state index in [1.807, 2.05) is 30.3 Å². The number of anilines is 3. The minimum atomic E-state index is -0.231. The Morgan fingerprint density at radius 1 is 1.00 bits per heavy atom. The van der Waals surface area contributed by atoms with Gasteiger partial charge in [0, 0.05) is 11.7 Å². The number of urea groups is 1. The van der Waals surface area contributed by atoms with Crippen molar-refractivity contribution in [2.24, 2.45) is 0 Å². The topological polar surface area (TPSA) is 78.9 Å². The van der Waals surface area contributed by atoms with Crippen molar-refractivity contribution in [2.45, 2.75) is 18.9 Å².